The Labute approximate surface area is 79.7 Å². The van der Waals surface area contributed by atoms with Crippen LogP contribution in [0, 0.1) is 6.92 Å². The van der Waals surface area contributed by atoms with Gasteiger partial charge in [0.05, 0.1) is 0 Å². The van der Waals surface area contributed by atoms with Crippen molar-refractivity contribution >= 4 is 0 Å². The van der Waals surface area contributed by atoms with Crippen LogP contribution in [-0.2, 0) is 0 Å². The minimum absolute atomic E-state index is 0.173. The van der Waals surface area contributed by atoms with Crippen molar-refractivity contribution in [1.82, 2.24) is 0 Å². The number of ether oxygens (including phenoxy) is 1. The van der Waals surface area contributed by atoms with Crippen LogP contribution in [-0.4, -0.2) is 6.23 Å². The van der Waals surface area contributed by atoms with Crippen molar-refractivity contribution in [1.29, 1.82) is 0 Å². The molecule has 0 saturated carbocycles. The molecule has 13 heavy (non-hydrogen) atoms. The SMILES string of the molecule is CCCC(N)Oc1ccc(C)cc1. The lowest BCUT2D eigenvalue weighted by atomic mass is 10.2. The zero-order chi connectivity index (χ0) is 9.68. The Morgan fingerprint density at radius 2 is 1.92 bits per heavy atom. The Kier molecular flexibility index (Phi) is 3.77. The number of aryl methyl sites for hydroxylation is 1. The second kappa shape index (κ2) is 4.87. The summed E-state index contributed by atoms with van der Waals surface area (Å²) < 4.78 is 5.49. The average Bonchev–Trinajstić information content (AvgIpc) is 2.09. The highest BCUT2D eigenvalue weighted by atomic mass is 16.5. The van der Waals surface area contributed by atoms with E-state index in [1.165, 1.54) is 5.56 Å². The van der Waals surface area contributed by atoms with E-state index in [1.807, 2.05) is 24.3 Å². The fraction of sp³-hybridized carbons (Fsp3) is 0.455. The van der Waals surface area contributed by atoms with Crippen molar-refractivity contribution in [2.45, 2.75) is 32.9 Å². The standard InChI is InChI=1S/C11H17NO/c1-3-4-11(12)13-10-7-5-9(2)6-8-10/h5-8,11H,3-4,12H2,1-2H3. The van der Waals surface area contributed by atoms with Crippen molar-refractivity contribution in [3.05, 3.63) is 29.8 Å². The second-order valence-electron chi connectivity index (χ2n) is 3.26. The summed E-state index contributed by atoms with van der Waals surface area (Å²) in [5, 5.41) is 0. The lowest BCUT2D eigenvalue weighted by molar-refractivity contribution is 0.197. The van der Waals surface area contributed by atoms with Gasteiger partial charge in [0.25, 0.3) is 0 Å². The van der Waals surface area contributed by atoms with E-state index in [2.05, 4.69) is 13.8 Å². The number of hydrogen-bond donors (Lipinski definition) is 1. The van der Waals surface area contributed by atoms with E-state index in [0.717, 1.165) is 18.6 Å². The maximum atomic E-state index is 5.73. The van der Waals surface area contributed by atoms with E-state index < -0.39 is 0 Å². The number of nitrogens with two attached hydrogens (primary N) is 1. The summed E-state index contributed by atoms with van der Waals surface area (Å²) in [6.07, 6.45) is 1.77. The molecule has 0 fully saturated rings. The third kappa shape index (κ3) is 3.47. The van der Waals surface area contributed by atoms with Gasteiger partial charge in [-0.05, 0) is 25.5 Å². The van der Waals surface area contributed by atoms with Gasteiger partial charge in [0.1, 0.15) is 12.0 Å². The highest BCUT2D eigenvalue weighted by Gasteiger charge is 2.01. The zero-order valence-electron chi connectivity index (χ0n) is 8.29. The molecule has 0 bridgehead atoms. The number of rotatable bonds is 4. The molecule has 0 heterocycles. The first-order valence-corrected chi connectivity index (χ1v) is 4.71. The van der Waals surface area contributed by atoms with Gasteiger partial charge in [-0.3, -0.25) is 5.73 Å². The van der Waals surface area contributed by atoms with E-state index in [9.17, 15) is 0 Å². The van der Waals surface area contributed by atoms with E-state index in [1.54, 1.807) is 0 Å². The summed E-state index contributed by atoms with van der Waals surface area (Å²) in [7, 11) is 0. The first-order chi connectivity index (χ1) is 6.22. The smallest absolute Gasteiger partial charge is 0.147 e. The van der Waals surface area contributed by atoms with Crippen molar-refractivity contribution in [2.75, 3.05) is 0 Å². The third-order valence-electron chi connectivity index (χ3n) is 1.88. The molecule has 1 aromatic carbocycles. The molecule has 0 saturated heterocycles. The van der Waals surface area contributed by atoms with Gasteiger partial charge in [-0.15, -0.1) is 0 Å². The predicted octanol–water partition coefficient (Wildman–Crippen LogP) is 2.46. The van der Waals surface area contributed by atoms with Gasteiger partial charge in [0.15, 0.2) is 0 Å². The molecule has 1 rings (SSSR count). The van der Waals surface area contributed by atoms with Crippen LogP contribution in [0.2, 0.25) is 0 Å². The summed E-state index contributed by atoms with van der Waals surface area (Å²) in [5.74, 6) is 0.853. The maximum Gasteiger partial charge on any atom is 0.147 e. The molecule has 0 aromatic heterocycles. The van der Waals surface area contributed by atoms with Crippen molar-refractivity contribution in [2.24, 2.45) is 5.73 Å². The lowest BCUT2D eigenvalue weighted by Crippen LogP contribution is -2.26. The first-order valence-electron chi connectivity index (χ1n) is 4.71. The molecule has 0 radical (unpaired) electrons. The minimum atomic E-state index is -0.173. The normalized spacial score (nSPS) is 12.5. The Morgan fingerprint density at radius 1 is 1.31 bits per heavy atom. The van der Waals surface area contributed by atoms with Gasteiger partial charge in [-0.2, -0.15) is 0 Å². The highest BCUT2D eigenvalue weighted by molar-refractivity contribution is 5.26. The molecule has 1 unspecified atom stereocenters. The van der Waals surface area contributed by atoms with Crippen LogP contribution in [0.1, 0.15) is 25.3 Å². The zero-order valence-corrected chi connectivity index (χ0v) is 8.29. The molecule has 0 spiro atoms. The van der Waals surface area contributed by atoms with Gasteiger partial charge in [0, 0.05) is 0 Å². The highest BCUT2D eigenvalue weighted by Crippen LogP contribution is 2.13. The van der Waals surface area contributed by atoms with Crippen molar-refractivity contribution in [3.63, 3.8) is 0 Å². The van der Waals surface area contributed by atoms with Gasteiger partial charge in [0.2, 0.25) is 0 Å². The molecule has 0 aliphatic rings. The molecule has 2 N–H and O–H groups in total. The van der Waals surface area contributed by atoms with Crippen molar-refractivity contribution < 1.29 is 4.74 Å². The molecule has 72 valence electrons. The summed E-state index contributed by atoms with van der Waals surface area (Å²) in [4.78, 5) is 0. The quantitative estimate of drug-likeness (QED) is 0.720. The van der Waals surface area contributed by atoms with Crippen molar-refractivity contribution in [3.8, 4) is 5.75 Å². The first kappa shape index (κ1) is 10.1. The van der Waals surface area contributed by atoms with Crippen LogP contribution >= 0.6 is 0 Å². The second-order valence-corrected chi connectivity index (χ2v) is 3.26. The van der Waals surface area contributed by atoms with Gasteiger partial charge >= 0.3 is 0 Å². The largest absolute Gasteiger partial charge is 0.476 e. The molecule has 0 aliphatic carbocycles. The minimum Gasteiger partial charge on any atom is -0.476 e. The van der Waals surface area contributed by atoms with E-state index in [4.69, 9.17) is 10.5 Å². The Bertz CT molecular complexity index is 243. The molecular formula is C11H17NO. The van der Waals surface area contributed by atoms with E-state index in [0.29, 0.717) is 0 Å². The molecular weight excluding hydrogens is 162 g/mol. The summed E-state index contributed by atoms with van der Waals surface area (Å²) >= 11 is 0. The summed E-state index contributed by atoms with van der Waals surface area (Å²) in [6.45, 7) is 4.15. The topological polar surface area (TPSA) is 35.2 Å². The van der Waals surface area contributed by atoms with Gasteiger partial charge in [-0.25, -0.2) is 0 Å². The number of hydrogen-bond acceptors (Lipinski definition) is 2. The summed E-state index contributed by atoms with van der Waals surface area (Å²) in [5.41, 5.74) is 6.96. The van der Waals surface area contributed by atoms with Crippen LogP contribution in [0.15, 0.2) is 24.3 Å². The third-order valence-corrected chi connectivity index (χ3v) is 1.88. The Balaban J connectivity index is 2.49. The number of benzene rings is 1. The monoisotopic (exact) mass is 179 g/mol. The van der Waals surface area contributed by atoms with Gasteiger partial charge in [-0.1, -0.05) is 31.0 Å². The Hall–Kier alpha value is -1.02. The Morgan fingerprint density at radius 3 is 2.46 bits per heavy atom. The van der Waals surface area contributed by atoms with E-state index in [-0.39, 0.29) is 6.23 Å². The van der Waals surface area contributed by atoms with Crippen LogP contribution in [0.25, 0.3) is 0 Å². The average molecular weight is 179 g/mol. The fourth-order valence-corrected chi connectivity index (χ4v) is 1.14. The van der Waals surface area contributed by atoms with E-state index >= 15 is 0 Å². The molecule has 0 aliphatic heterocycles. The molecule has 1 aromatic rings. The van der Waals surface area contributed by atoms with Crippen LogP contribution in [0.5, 0.6) is 5.75 Å². The molecule has 0 amide bonds. The van der Waals surface area contributed by atoms with Crippen LogP contribution in [0.4, 0.5) is 0 Å². The molecule has 1 atom stereocenters. The van der Waals surface area contributed by atoms with Crippen LogP contribution < -0.4 is 10.5 Å². The maximum absolute atomic E-state index is 5.73. The summed E-state index contributed by atoms with van der Waals surface area (Å²) in [6, 6.07) is 7.94. The predicted molar refractivity (Wildman–Crippen MR) is 54.7 cm³/mol. The lowest BCUT2D eigenvalue weighted by Gasteiger charge is -2.13. The van der Waals surface area contributed by atoms with Crippen LogP contribution in [0.3, 0.4) is 0 Å². The molecule has 2 nitrogen and oxygen atoms in total. The molecule has 2 heteroatoms. The fourth-order valence-electron chi connectivity index (χ4n) is 1.14. The van der Waals surface area contributed by atoms with Gasteiger partial charge < -0.3 is 4.74 Å².